The highest BCUT2D eigenvalue weighted by Crippen LogP contribution is 2.39. The molecule has 3 aromatic heterocycles. The summed E-state index contributed by atoms with van der Waals surface area (Å²) < 4.78 is 36.4. The molecule has 0 fully saturated rings. The smallest absolute Gasteiger partial charge is 0.166 e. The van der Waals surface area contributed by atoms with E-state index in [-0.39, 0.29) is 24.4 Å². The number of nitrogens with zero attached hydrogens (tertiary/aromatic N) is 3. The molecule has 0 saturated carbocycles. The van der Waals surface area contributed by atoms with Gasteiger partial charge in [-0.3, -0.25) is 9.78 Å². The van der Waals surface area contributed by atoms with E-state index < -0.39 is 13.0 Å². The topological polar surface area (TPSA) is 86.1 Å². The molecule has 0 radical (unpaired) electrons. The number of ketones is 1. The molecule has 0 spiro atoms. The number of carbonyl (C=O) groups excluding carboxylic acids is 1. The van der Waals surface area contributed by atoms with Crippen molar-refractivity contribution in [1.29, 1.82) is 0 Å². The predicted octanol–water partition coefficient (Wildman–Crippen LogP) is 6.73. The van der Waals surface area contributed by atoms with Gasteiger partial charge in [-0.05, 0) is 61.7 Å². The van der Waals surface area contributed by atoms with Gasteiger partial charge in [-0.2, -0.15) is 0 Å². The fourth-order valence-corrected chi connectivity index (χ4v) is 6.73. The summed E-state index contributed by atoms with van der Waals surface area (Å²) in [5.41, 5.74) is 3.20. The van der Waals surface area contributed by atoms with Crippen LogP contribution in [0.5, 0.6) is 11.5 Å². The molecule has 0 aliphatic rings. The van der Waals surface area contributed by atoms with Crippen molar-refractivity contribution in [2.24, 2.45) is 7.05 Å². The van der Waals surface area contributed by atoms with Crippen molar-refractivity contribution < 1.29 is 18.5 Å². The lowest BCUT2D eigenvalue weighted by Crippen LogP contribution is -2.16. The molecule has 42 heavy (non-hydrogen) atoms. The van der Waals surface area contributed by atoms with Crippen molar-refractivity contribution in [3.8, 4) is 22.2 Å². The Kier molecular flexibility index (Phi) is 9.02. The minimum absolute atomic E-state index is 0.0530. The van der Waals surface area contributed by atoms with E-state index >= 15 is 4.39 Å². The number of hydrogen-bond acceptors (Lipinski definition) is 7. The molecule has 0 saturated heterocycles. The highest BCUT2D eigenvalue weighted by molar-refractivity contribution is 7.70. The van der Waals surface area contributed by atoms with Gasteiger partial charge in [0.15, 0.2) is 11.6 Å². The van der Waals surface area contributed by atoms with Crippen molar-refractivity contribution in [1.82, 2.24) is 19.9 Å². The van der Waals surface area contributed by atoms with Gasteiger partial charge in [-0.1, -0.05) is 31.2 Å². The Labute approximate surface area is 249 Å². The molecule has 2 aromatic carbocycles. The van der Waals surface area contributed by atoms with Crippen LogP contribution in [0.1, 0.15) is 30.2 Å². The zero-order chi connectivity index (χ0) is 29.9. The molecule has 5 aromatic rings. The van der Waals surface area contributed by atoms with Gasteiger partial charge < -0.3 is 19.2 Å². The quantitative estimate of drug-likeness (QED) is 0.126. The number of benzene rings is 2. The van der Waals surface area contributed by atoms with E-state index in [1.54, 1.807) is 37.7 Å². The maximum Gasteiger partial charge on any atom is 0.166 e. The summed E-state index contributed by atoms with van der Waals surface area (Å²) in [5, 5.41) is 4.15. The first kappa shape index (κ1) is 29.8. The van der Waals surface area contributed by atoms with Crippen molar-refractivity contribution in [3.63, 3.8) is 0 Å². The van der Waals surface area contributed by atoms with E-state index in [1.165, 1.54) is 17.4 Å². The Balaban J connectivity index is 1.29. The normalized spacial score (nSPS) is 11.7. The molecule has 218 valence electrons. The van der Waals surface area contributed by atoms with Crippen molar-refractivity contribution in [3.05, 3.63) is 89.6 Å². The minimum Gasteiger partial charge on any atom is -0.453 e. The van der Waals surface area contributed by atoms with Gasteiger partial charge in [-0.15, -0.1) is 11.3 Å². The number of ether oxygens (including phenoxy) is 1. The Bertz CT molecular complexity index is 1790. The first-order valence-electron chi connectivity index (χ1n) is 13.8. The van der Waals surface area contributed by atoms with E-state index in [1.807, 2.05) is 43.6 Å². The fourth-order valence-electron chi connectivity index (χ4n) is 4.71. The van der Waals surface area contributed by atoms with E-state index in [9.17, 15) is 9.36 Å². The Morgan fingerprint density at radius 1 is 1.05 bits per heavy atom. The molecule has 10 heteroatoms. The largest absolute Gasteiger partial charge is 0.453 e. The molecule has 7 nitrogen and oxygen atoms in total. The zero-order valence-corrected chi connectivity index (χ0v) is 25.9. The summed E-state index contributed by atoms with van der Waals surface area (Å²) in [7, 11) is -0.423. The predicted molar refractivity (Wildman–Crippen MR) is 168 cm³/mol. The number of carbonyl (C=O) groups is 1. The van der Waals surface area contributed by atoms with Crippen LogP contribution in [0, 0.1) is 5.82 Å². The van der Waals surface area contributed by atoms with Crippen molar-refractivity contribution >= 4 is 39.8 Å². The molecule has 0 unspecified atom stereocenters. The number of fused-ring (bicyclic) bond motifs is 1. The van der Waals surface area contributed by atoms with Crippen LogP contribution in [0.25, 0.3) is 20.9 Å². The molecule has 0 aliphatic heterocycles. The molecule has 0 aliphatic carbocycles. The van der Waals surface area contributed by atoms with E-state index in [2.05, 4.69) is 26.8 Å². The van der Waals surface area contributed by atoms with Crippen LogP contribution in [-0.4, -0.2) is 40.2 Å². The van der Waals surface area contributed by atoms with Crippen LogP contribution in [0.2, 0.25) is 0 Å². The van der Waals surface area contributed by atoms with Crippen LogP contribution in [0.15, 0.2) is 67.0 Å². The monoisotopic (exact) mass is 604 g/mol. The second-order valence-corrected chi connectivity index (χ2v) is 15.0. The van der Waals surface area contributed by atoms with Gasteiger partial charge in [0.25, 0.3) is 0 Å². The summed E-state index contributed by atoms with van der Waals surface area (Å²) >= 11 is 1.50. The third kappa shape index (κ3) is 6.86. The summed E-state index contributed by atoms with van der Waals surface area (Å²) in [4.78, 5) is 22.8. The first-order valence-corrected chi connectivity index (χ1v) is 17.3. The number of imidazole rings is 1. The second kappa shape index (κ2) is 12.7. The lowest BCUT2D eigenvalue weighted by atomic mass is 10.0. The third-order valence-corrected chi connectivity index (χ3v) is 9.62. The number of aromatic nitrogens is 3. The lowest BCUT2D eigenvalue weighted by molar-refractivity contribution is -0.117. The summed E-state index contributed by atoms with van der Waals surface area (Å²) in [6, 6.07) is 15.6. The van der Waals surface area contributed by atoms with E-state index in [0.29, 0.717) is 11.3 Å². The number of rotatable bonds is 12. The molecule has 0 atom stereocenters. The molecule has 5 rings (SSSR count). The standard InChI is InChI=1S/C32H34FN4O3PS/c1-5-12-34-19-23-20-36-32(37(23)2)30-18-27-31(42-30)29(11-13-35-27)40-28-10-9-22(17-26(28)33)15-24(38)14-21-7-6-8-25(16-21)41(3,4)39/h6-11,13,16-18,20,34H,5,12,14-15,19H2,1-4H3. The highest BCUT2D eigenvalue weighted by Gasteiger charge is 2.17. The highest BCUT2D eigenvalue weighted by atomic mass is 32.1. The molecule has 3 heterocycles. The van der Waals surface area contributed by atoms with Crippen LogP contribution >= 0.6 is 18.5 Å². The van der Waals surface area contributed by atoms with Gasteiger partial charge in [0, 0.05) is 44.0 Å². The second-order valence-electron chi connectivity index (χ2n) is 10.7. The summed E-state index contributed by atoms with van der Waals surface area (Å²) in [5.74, 6) is 0.812. The maximum atomic E-state index is 15.2. The Hall–Kier alpha value is -3.65. The average molecular weight is 605 g/mol. The van der Waals surface area contributed by atoms with Gasteiger partial charge in [0.2, 0.25) is 0 Å². The summed E-state index contributed by atoms with van der Waals surface area (Å²) in [6.07, 6.45) is 4.86. The van der Waals surface area contributed by atoms with Gasteiger partial charge in [0.1, 0.15) is 24.5 Å². The Morgan fingerprint density at radius 3 is 2.57 bits per heavy atom. The minimum atomic E-state index is -2.42. The van der Waals surface area contributed by atoms with E-state index in [0.717, 1.165) is 57.0 Å². The fraction of sp³-hybridized carbons (Fsp3) is 0.281. The number of nitrogens with one attached hydrogen (secondary N) is 1. The van der Waals surface area contributed by atoms with Crippen LogP contribution in [0.4, 0.5) is 4.39 Å². The molecule has 0 amide bonds. The van der Waals surface area contributed by atoms with Crippen LogP contribution in [0.3, 0.4) is 0 Å². The number of Topliss-reactive ketones (excluding diaryl/α,β-unsaturated/α-hetero) is 1. The van der Waals surface area contributed by atoms with Gasteiger partial charge >= 0.3 is 0 Å². The van der Waals surface area contributed by atoms with Crippen molar-refractivity contribution in [2.75, 3.05) is 19.9 Å². The van der Waals surface area contributed by atoms with E-state index in [4.69, 9.17) is 4.74 Å². The van der Waals surface area contributed by atoms with Gasteiger partial charge in [-0.25, -0.2) is 9.37 Å². The third-order valence-electron chi connectivity index (χ3n) is 6.96. The molecular weight excluding hydrogens is 570 g/mol. The number of halogens is 1. The van der Waals surface area contributed by atoms with Crippen molar-refractivity contribution in [2.45, 2.75) is 32.7 Å². The summed E-state index contributed by atoms with van der Waals surface area (Å²) in [6.45, 7) is 7.23. The zero-order valence-electron chi connectivity index (χ0n) is 24.2. The number of hydrogen-bond donors (Lipinski definition) is 1. The van der Waals surface area contributed by atoms with Crippen LogP contribution < -0.4 is 15.4 Å². The van der Waals surface area contributed by atoms with Crippen LogP contribution in [-0.2, 0) is 35.8 Å². The number of thiophene rings is 1. The molecule has 1 N–H and O–H groups in total. The SMILES string of the molecule is CCCNCc1cnc(-c2cc3nccc(Oc4ccc(CC(=O)Cc5cccc(P(C)(C)=O)c5)cc4F)c3s2)n1C. The number of pyridine rings is 1. The maximum absolute atomic E-state index is 15.2. The van der Waals surface area contributed by atoms with Gasteiger partial charge in [0.05, 0.1) is 27.0 Å². The molecule has 0 bridgehead atoms. The lowest BCUT2D eigenvalue weighted by Gasteiger charge is -2.10. The Morgan fingerprint density at radius 2 is 1.83 bits per heavy atom. The average Bonchev–Trinajstić information content (AvgIpc) is 3.54. The molecular formula is C32H34FN4O3PS. The first-order chi connectivity index (χ1) is 20.1.